The fourth-order valence-corrected chi connectivity index (χ4v) is 1.29. The molecule has 0 aliphatic rings. The van der Waals surface area contributed by atoms with E-state index in [0.29, 0.717) is 5.65 Å². The van der Waals surface area contributed by atoms with Crippen LogP contribution < -0.4 is 5.56 Å². The molecule has 0 aromatic carbocycles. The van der Waals surface area contributed by atoms with Gasteiger partial charge < -0.3 is 4.98 Å². The third kappa shape index (κ3) is 1.30. The van der Waals surface area contributed by atoms with Crippen LogP contribution in [0.25, 0.3) is 11.2 Å². The highest BCUT2D eigenvalue weighted by molar-refractivity contribution is 5.72. The first-order valence-electron chi connectivity index (χ1n) is 4.14. The molecule has 13 heavy (non-hydrogen) atoms. The Labute approximate surface area is 74.7 Å². The standard InChI is InChI=1S/C9H9N3O/c1-2-6-3-4-10-9-8(6)12-7(13)5-11-9/h3-5H,2H2,1H3,(H,12,13). The number of aryl methyl sites for hydroxylation is 1. The number of hydrogen-bond donors (Lipinski definition) is 1. The van der Waals surface area contributed by atoms with Crippen molar-refractivity contribution in [3.8, 4) is 0 Å². The van der Waals surface area contributed by atoms with E-state index in [1.54, 1.807) is 6.20 Å². The molecule has 0 fully saturated rings. The second-order valence-corrected chi connectivity index (χ2v) is 2.77. The lowest BCUT2D eigenvalue weighted by Gasteiger charge is -2.00. The maximum absolute atomic E-state index is 11.0. The largest absolute Gasteiger partial charge is 0.318 e. The number of aromatic amines is 1. The lowest BCUT2D eigenvalue weighted by Crippen LogP contribution is -2.07. The summed E-state index contributed by atoms with van der Waals surface area (Å²) < 4.78 is 0. The van der Waals surface area contributed by atoms with Crippen molar-refractivity contribution in [1.29, 1.82) is 0 Å². The summed E-state index contributed by atoms with van der Waals surface area (Å²) in [4.78, 5) is 21.7. The first-order chi connectivity index (χ1) is 6.31. The van der Waals surface area contributed by atoms with E-state index in [4.69, 9.17) is 0 Å². The molecular weight excluding hydrogens is 166 g/mol. The van der Waals surface area contributed by atoms with E-state index >= 15 is 0 Å². The Balaban J connectivity index is 2.87. The minimum absolute atomic E-state index is 0.185. The van der Waals surface area contributed by atoms with Crippen molar-refractivity contribution in [2.45, 2.75) is 13.3 Å². The lowest BCUT2D eigenvalue weighted by atomic mass is 10.2. The predicted molar refractivity (Wildman–Crippen MR) is 49.5 cm³/mol. The van der Waals surface area contributed by atoms with Gasteiger partial charge in [0.25, 0.3) is 5.56 Å². The van der Waals surface area contributed by atoms with Gasteiger partial charge >= 0.3 is 0 Å². The molecule has 2 aromatic rings. The maximum Gasteiger partial charge on any atom is 0.267 e. The summed E-state index contributed by atoms with van der Waals surface area (Å²) in [7, 11) is 0. The fraction of sp³-hybridized carbons (Fsp3) is 0.222. The first kappa shape index (κ1) is 7.91. The number of aromatic nitrogens is 3. The average molecular weight is 175 g/mol. The van der Waals surface area contributed by atoms with Crippen LogP contribution in [0.3, 0.4) is 0 Å². The van der Waals surface area contributed by atoms with E-state index < -0.39 is 0 Å². The molecule has 4 heteroatoms. The van der Waals surface area contributed by atoms with Crippen LogP contribution in [0.2, 0.25) is 0 Å². The smallest absolute Gasteiger partial charge is 0.267 e. The van der Waals surface area contributed by atoms with Crippen molar-refractivity contribution in [1.82, 2.24) is 15.0 Å². The molecule has 0 spiro atoms. The summed E-state index contributed by atoms with van der Waals surface area (Å²) in [6.07, 6.45) is 3.81. The van der Waals surface area contributed by atoms with Crippen LogP contribution >= 0.6 is 0 Å². The van der Waals surface area contributed by atoms with Gasteiger partial charge in [-0.2, -0.15) is 0 Å². The van der Waals surface area contributed by atoms with Crippen molar-refractivity contribution >= 4 is 11.2 Å². The maximum atomic E-state index is 11.0. The van der Waals surface area contributed by atoms with Gasteiger partial charge in [0, 0.05) is 6.20 Å². The van der Waals surface area contributed by atoms with E-state index in [1.165, 1.54) is 6.20 Å². The van der Waals surface area contributed by atoms with E-state index in [9.17, 15) is 4.79 Å². The molecule has 0 radical (unpaired) electrons. The van der Waals surface area contributed by atoms with Crippen molar-refractivity contribution in [2.75, 3.05) is 0 Å². The summed E-state index contributed by atoms with van der Waals surface area (Å²) >= 11 is 0. The Morgan fingerprint density at radius 2 is 2.31 bits per heavy atom. The van der Waals surface area contributed by atoms with Gasteiger partial charge in [0.2, 0.25) is 0 Å². The lowest BCUT2D eigenvalue weighted by molar-refractivity contribution is 1.10. The molecule has 0 atom stereocenters. The number of rotatable bonds is 1. The topological polar surface area (TPSA) is 58.6 Å². The van der Waals surface area contributed by atoms with Crippen molar-refractivity contribution < 1.29 is 0 Å². The van der Waals surface area contributed by atoms with Gasteiger partial charge in [-0.05, 0) is 18.1 Å². The van der Waals surface area contributed by atoms with E-state index in [2.05, 4.69) is 15.0 Å². The SMILES string of the molecule is CCc1ccnc2ncc(=O)[nH]c12. The molecule has 0 saturated heterocycles. The van der Waals surface area contributed by atoms with Gasteiger partial charge in [-0.25, -0.2) is 9.97 Å². The van der Waals surface area contributed by atoms with Crippen LogP contribution in [0.4, 0.5) is 0 Å². The zero-order valence-corrected chi connectivity index (χ0v) is 7.24. The average Bonchev–Trinajstić information content (AvgIpc) is 2.17. The van der Waals surface area contributed by atoms with Crippen LogP contribution in [0.5, 0.6) is 0 Å². The van der Waals surface area contributed by atoms with E-state index in [0.717, 1.165) is 17.5 Å². The van der Waals surface area contributed by atoms with Gasteiger partial charge in [-0.3, -0.25) is 4.79 Å². The van der Waals surface area contributed by atoms with E-state index in [1.807, 2.05) is 13.0 Å². The van der Waals surface area contributed by atoms with Crippen LogP contribution in [-0.2, 0) is 6.42 Å². The monoisotopic (exact) mass is 175 g/mol. The number of hydrogen-bond acceptors (Lipinski definition) is 3. The van der Waals surface area contributed by atoms with Gasteiger partial charge in [0.05, 0.1) is 11.7 Å². The van der Waals surface area contributed by atoms with Gasteiger partial charge in [-0.15, -0.1) is 0 Å². The number of nitrogens with zero attached hydrogens (tertiary/aromatic N) is 2. The minimum Gasteiger partial charge on any atom is -0.318 e. The Kier molecular flexibility index (Phi) is 1.81. The van der Waals surface area contributed by atoms with Gasteiger partial charge in [0.1, 0.15) is 0 Å². The summed E-state index contributed by atoms with van der Waals surface area (Å²) in [5, 5.41) is 0. The van der Waals surface area contributed by atoms with Crippen LogP contribution in [0.15, 0.2) is 23.3 Å². The Morgan fingerprint density at radius 3 is 3.08 bits per heavy atom. The molecule has 4 nitrogen and oxygen atoms in total. The molecule has 0 aliphatic carbocycles. The highest BCUT2D eigenvalue weighted by Crippen LogP contribution is 2.09. The zero-order chi connectivity index (χ0) is 9.26. The summed E-state index contributed by atoms with van der Waals surface area (Å²) in [5.41, 5.74) is 2.22. The third-order valence-corrected chi connectivity index (χ3v) is 1.95. The minimum atomic E-state index is -0.185. The molecule has 2 rings (SSSR count). The molecule has 2 aromatic heterocycles. The highest BCUT2D eigenvalue weighted by atomic mass is 16.1. The third-order valence-electron chi connectivity index (χ3n) is 1.95. The van der Waals surface area contributed by atoms with E-state index in [-0.39, 0.29) is 5.56 Å². The number of nitrogens with one attached hydrogen (secondary N) is 1. The Morgan fingerprint density at radius 1 is 1.46 bits per heavy atom. The second kappa shape index (κ2) is 2.97. The molecule has 66 valence electrons. The zero-order valence-electron chi connectivity index (χ0n) is 7.24. The van der Waals surface area contributed by atoms with Gasteiger partial charge in [0.15, 0.2) is 5.65 Å². The van der Waals surface area contributed by atoms with Gasteiger partial charge in [-0.1, -0.05) is 6.92 Å². The molecule has 1 N–H and O–H groups in total. The first-order valence-corrected chi connectivity index (χ1v) is 4.14. The number of fused-ring (bicyclic) bond motifs is 1. The molecule has 0 amide bonds. The summed E-state index contributed by atoms with van der Waals surface area (Å²) in [6, 6.07) is 1.89. The number of pyridine rings is 1. The quantitative estimate of drug-likeness (QED) is 0.699. The van der Waals surface area contributed by atoms with Crippen LogP contribution in [0.1, 0.15) is 12.5 Å². The Bertz CT molecular complexity index is 489. The summed E-state index contributed by atoms with van der Waals surface area (Å²) in [5.74, 6) is 0. The van der Waals surface area contributed by atoms with Crippen LogP contribution in [0, 0.1) is 0 Å². The van der Waals surface area contributed by atoms with Crippen molar-refractivity contribution in [2.24, 2.45) is 0 Å². The fourth-order valence-electron chi connectivity index (χ4n) is 1.29. The molecule has 0 bridgehead atoms. The van der Waals surface area contributed by atoms with Crippen molar-refractivity contribution in [3.05, 3.63) is 34.4 Å². The predicted octanol–water partition coefficient (Wildman–Crippen LogP) is 0.880. The van der Waals surface area contributed by atoms with Crippen LogP contribution in [-0.4, -0.2) is 15.0 Å². The molecule has 2 heterocycles. The molecule has 0 saturated carbocycles. The number of H-pyrrole nitrogens is 1. The second-order valence-electron chi connectivity index (χ2n) is 2.77. The normalized spacial score (nSPS) is 10.5. The molecular formula is C9H9N3O. The highest BCUT2D eigenvalue weighted by Gasteiger charge is 2.00. The Hall–Kier alpha value is -1.71. The molecule has 0 aliphatic heterocycles. The van der Waals surface area contributed by atoms with Crippen molar-refractivity contribution in [3.63, 3.8) is 0 Å². The summed E-state index contributed by atoms with van der Waals surface area (Å²) in [6.45, 7) is 2.03. The molecule has 0 unspecified atom stereocenters.